The van der Waals surface area contributed by atoms with Gasteiger partial charge in [0.2, 0.25) is 0 Å². The van der Waals surface area contributed by atoms with Crippen molar-refractivity contribution in [2.45, 2.75) is 19.1 Å². The lowest BCUT2D eigenvalue weighted by atomic mass is 10.2. The van der Waals surface area contributed by atoms with Crippen LogP contribution in [0, 0.1) is 17.5 Å². The van der Waals surface area contributed by atoms with Crippen LogP contribution in [0.15, 0.2) is 12.1 Å². The third-order valence-electron chi connectivity index (χ3n) is 1.73. The molecular weight excluding hydrogens is 254 g/mol. The van der Waals surface area contributed by atoms with E-state index in [9.17, 15) is 31.4 Å². The Balaban J connectivity index is 2.76. The third-order valence-corrected chi connectivity index (χ3v) is 1.73. The first-order valence-corrected chi connectivity index (χ1v) is 4.19. The minimum absolute atomic E-state index is 0.220. The van der Waals surface area contributed by atoms with Crippen molar-refractivity contribution in [3.05, 3.63) is 35.1 Å². The summed E-state index contributed by atoms with van der Waals surface area (Å²) in [5.41, 5.74) is -0.799. The molecule has 0 spiro atoms. The minimum Gasteiger partial charge on any atom is -0.338 e. The third kappa shape index (κ3) is 3.60. The number of hydrogen-bond donors (Lipinski definition) is 0. The molecule has 0 bridgehead atoms. The van der Waals surface area contributed by atoms with Gasteiger partial charge in [-0.05, 0) is 6.07 Å². The van der Waals surface area contributed by atoms with E-state index in [1.807, 2.05) is 0 Å². The molecule has 0 aromatic heterocycles. The Bertz CT molecular complexity index is 403. The molecule has 0 N–H and O–H groups in total. The van der Waals surface area contributed by atoms with Crippen LogP contribution in [0.25, 0.3) is 0 Å². The lowest BCUT2D eigenvalue weighted by Crippen LogP contribution is -2.30. The average Bonchev–Trinajstić information content (AvgIpc) is 2.19. The highest BCUT2D eigenvalue weighted by Crippen LogP contribution is 2.23. The van der Waals surface area contributed by atoms with E-state index in [1.165, 1.54) is 0 Å². The molecule has 2 nitrogen and oxygen atoms in total. The van der Waals surface area contributed by atoms with Crippen molar-refractivity contribution in [1.29, 1.82) is 0 Å². The van der Waals surface area contributed by atoms with Crippen LogP contribution in [0.2, 0.25) is 0 Å². The van der Waals surface area contributed by atoms with Crippen molar-refractivity contribution in [1.82, 2.24) is 0 Å². The summed E-state index contributed by atoms with van der Waals surface area (Å²) in [7, 11) is 0. The summed E-state index contributed by atoms with van der Waals surface area (Å²) in [4.78, 5) is 0. The van der Waals surface area contributed by atoms with Crippen molar-refractivity contribution in [3.63, 3.8) is 0 Å². The number of ether oxygens (including phenoxy) is 1. The van der Waals surface area contributed by atoms with Gasteiger partial charge in [-0.1, -0.05) is 0 Å². The number of alkyl halides is 3. The SMILES string of the molecule is [O]C(OCc1cc(F)cc(F)c1F)C(F)(F)F. The number of halogens is 6. The summed E-state index contributed by atoms with van der Waals surface area (Å²) in [6.45, 7) is -1.17. The first-order valence-electron chi connectivity index (χ1n) is 4.19. The smallest absolute Gasteiger partial charge is 0.338 e. The first kappa shape index (κ1) is 13.8. The molecule has 0 saturated carbocycles. The Hall–Kier alpha value is -1.28. The summed E-state index contributed by atoms with van der Waals surface area (Å²) in [5, 5.41) is 10.3. The van der Waals surface area contributed by atoms with Gasteiger partial charge >= 0.3 is 6.18 Å². The number of benzene rings is 1. The Morgan fingerprint density at radius 1 is 1.18 bits per heavy atom. The molecule has 0 aliphatic carbocycles. The van der Waals surface area contributed by atoms with E-state index < -0.39 is 42.1 Å². The maximum absolute atomic E-state index is 12.9. The maximum atomic E-state index is 12.9. The van der Waals surface area contributed by atoms with Crippen LogP contribution in [0.4, 0.5) is 26.3 Å². The molecule has 0 heterocycles. The van der Waals surface area contributed by atoms with Gasteiger partial charge < -0.3 is 4.74 Å². The summed E-state index contributed by atoms with van der Waals surface area (Å²) in [6.07, 6.45) is -8.56. The molecule has 1 aromatic carbocycles. The van der Waals surface area contributed by atoms with Crippen molar-refractivity contribution < 1.29 is 36.2 Å². The van der Waals surface area contributed by atoms with Gasteiger partial charge in [-0.15, -0.1) is 0 Å². The standard InChI is InChI=1S/C9H5F6O2/c10-5-1-4(7(12)6(11)2-5)3-17-8(16)9(13,14)15/h1-2,8H,3H2. The Kier molecular flexibility index (Phi) is 3.99. The maximum Gasteiger partial charge on any atom is 0.443 e. The van der Waals surface area contributed by atoms with Crippen LogP contribution in [0.3, 0.4) is 0 Å². The van der Waals surface area contributed by atoms with E-state index in [1.54, 1.807) is 0 Å². The summed E-state index contributed by atoms with van der Waals surface area (Å²) >= 11 is 0. The topological polar surface area (TPSA) is 29.1 Å². The Morgan fingerprint density at radius 3 is 2.29 bits per heavy atom. The fourth-order valence-electron chi connectivity index (χ4n) is 0.974. The molecule has 0 amide bonds. The van der Waals surface area contributed by atoms with Gasteiger partial charge in [0.05, 0.1) is 6.61 Å². The van der Waals surface area contributed by atoms with E-state index in [-0.39, 0.29) is 6.07 Å². The molecule has 0 fully saturated rings. The Morgan fingerprint density at radius 2 is 1.76 bits per heavy atom. The fourth-order valence-corrected chi connectivity index (χ4v) is 0.974. The van der Waals surface area contributed by atoms with Crippen LogP contribution in [-0.2, 0) is 16.5 Å². The molecule has 0 aliphatic rings. The van der Waals surface area contributed by atoms with Crippen molar-refractivity contribution in [2.75, 3.05) is 0 Å². The van der Waals surface area contributed by atoms with Gasteiger partial charge in [0.15, 0.2) is 11.6 Å². The zero-order chi connectivity index (χ0) is 13.2. The molecule has 1 unspecified atom stereocenters. The second-order valence-corrected chi connectivity index (χ2v) is 3.05. The van der Waals surface area contributed by atoms with Crippen LogP contribution in [-0.4, -0.2) is 12.5 Å². The summed E-state index contributed by atoms with van der Waals surface area (Å²) in [5.74, 6) is -4.31. The molecule has 1 atom stereocenters. The minimum atomic E-state index is -5.16. The van der Waals surface area contributed by atoms with E-state index in [4.69, 9.17) is 0 Å². The lowest BCUT2D eigenvalue weighted by molar-refractivity contribution is -0.317. The van der Waals surface area contributed by atoms with Gasteiger partial charge in [0.1, 0.15) is 5.82 Å². The van der Waals surface area contributed by atoms with E-state index in [0.29, 0.717) is 6.07 Å². The number of rotatable bonds is 3. The normalized spacial score (nSPS) is 13.8. The first-order chi connectivity index (χ1) is 7.71. The summed E-state index contributed by atoms with van der Waals surface area (Å²) in [6, 6.07) is 0.665. The van der Waals surface area contributed by atoms with Crippen LogP contribution >= 0.6 is 0 Å². The molecule has 17 heavy (non-hydrogen) atoms. The van der Waals surface area contributed by atoms with Gasteiger partial charge in [-0.25, -0.2) is 13.2 Å². The Labute approximate surface area is 91.4 Å². The van der Waals surface area contributed by atoms with E-state index in [0.717, 1.165) is 0 Å². The molecule has 0 aliphatic heterocycles. The van der Waals surface area contributed by atoms with Crippen molar-refractivity contribution >= 4 is 0 Å². The highest BCUT2D eigenvalue weighted by atomic mass is 19.4. The average molecular weight is 259 g/mol. The highest BCUT2D eigenvalue weighted by molar-refractivity contribution is 5.19. The second kappa shape index (κ2) is 4.92. The molecular formula is C9H5F6O2. The second-order valence-electron chi connectivity index (χ2n) is 3.05. The predicted molar refractivity (Wildman–Crippen MR) is 41.6 cm³/mol. The molecule has 1 aromatic rings. The molecule has 8 heteroatoms. The monoisotopic (exact) mass is 259 g/mol. The lowest BCUT2D eigenvalue weighted by Gasteiger charge is -2.13. The van der Waals surface area contributed by atoms with Gasteiger partial charge in [0.25, 0.3) is 6.29 Å². The molecule has 1 radical (unpaired) electrons. The quantitative estimate of drug-likeness (QED) is 0.466. The predicted octanol–water partition coefficient (Wildman–Crippen LogP) is 2.94. The molecule has 95 valence electrons. The number of hydrogen-bond acceptors (Lipinski definition) is 1. The van der Waals surface area contributed by atoms with E-state index >= 15 is 0 Å². The van der Waals surface area contributed by atoms with Gasteiger partial charge in [-0.2, -0.15) is 18.3 Å². The van der Waals surface area contributed by atoms with Crippen LogP contribution in [0.5, 0.6) is 0 Å². The highest BCUT2D eigenvalue weighted by Gasteiger charge is 2.41. The summed E-state index contributed by atoms with van der Waals surface area (Å²) < 4.78 is 77.1. The largest absolute Gasteiger partial charge is 0.443 e. The zero-order valence-electron chi connectivity index (χ0n) is 8.02. The van der Waals surface area contributed by atoms with Crippen molar-refractivity contribution in [3.8, 4) is 0 Å². The van der Waals surface area contributed by atoms with Crippen molar-refractivity contribution in [2.24, 2.45) is 0 Å². The van der Waals surface area contributed by atoms with E-state index in [2.05, 4.69) is 4.74 Å². The fraction of sp³-hybridized carbons (Fsp3) is 0.333. The van der Waals surface area contributed by atoms with Crippen LogP contribution < -0.4 is 0 Å². The van der Waals surface area contributed by atoms with Gasteiger partial charge in [-0.3, -0.25) is 0 Å². The zero-order valence-corrected chi connectivity index (χ0v) is 8.02. The molecule has 1 rings (SSSR count). The van der Waals surface area contributed by atoms with Crippen LogP contribution in [0.1, 0.15) is 5.56 Å². The van der Waals surface area contributed by atoms with Gasteiger partial charge in [0, 0.05) is 11.6 Å². The molecule has 0 saturated heterocycles.